The molecule has 1 aromatic rings. The van der Waals surface area contributed by atoms with Crippen molar-refractivity contribution < 1.29 is 14.3 Å². The van der Waals surface area contributed by atoms with Crippen LogP contribution in [0, 0.1) is 0 Å². The van der Waals surface area contributed by atoms with Crippen LogP contribution in [0.1, 0.15) is 37.5 Å². The number of piperazine rings is 1. The smallest absolute Gasteiger partial charge is 0.409 e. The molecule has 1 aliphatic carbocycles. The summed E-state index contributed by atoms with van der Waals surface area (Å²) in [7, 11) is 0. The summed E-state index contributed by atoms with van der Waals surface area (Å²) in [5.74, 6) is 0.0124. The average Bonchev–Trinajstić information content (AvgIpc) is 3.44. The van der Waals surface area contributed by atoms with E-state index >= 15 is 0 Å². The second kappa shape index (κ2) is 10.8. The van der Waals surface area contributed by atoms with Gasteiger partial charge in [0.15, 0.2) is 5.11 Å². The quantitative estimate of drug-likeness (QED) is 0.689. The van der Waals surface area contributed by atoms with E-state index in [2.05, 4.69) is 27.7 Å². The van der Waals surface area contributed by atoms with E-state index < -0.39 is 0 Å². The molecule has 0 radical (unpaired) electrons. The third-order valence-electron chi connectivity index (χ3n) is 5.48. The van der Waals surface area contributed by atoms with Crippen LogP contribution in [0.25, 0.3) is 0 Å². The summed E-state index contributed by atoms with van der Waals surface area (Å²) in [4.78, 5) is 31.4. The fraction of sp³-hybridized carbons (Fsp3) is 0.650. The Morgan fingerprint density at radius 3 is 2.55 bits per heavy atom. The first-order chi connectivity index (χ1) is 14.1. The number of nitrogens with zero attached hydrogens (tertiary/aromatic N) is 3. The summed E-state index contributed by atoms with van der Waals surface area (Å²) in [6.07, 6.45) is 4.46. The van der Waals surface area contributed by atoms with Crippen LogP contribution in [0.4, 0.5) is 4.79 Å². The molecule has 0 aromatic carbocycles. The lowest BCUT2D eigenvalue weighted by molar-refractivity contribution is -0.131. The zero-order valence-corrected chi connectivity index (χ0v) is 18.6. The van der Waals surface area contributed by atoms with E-state index in [4.69, 9.17) is 17.0 Å². The maximum atomic E-state index is 12.6. The van der Waals surface area contributed by atoms with Gasteiger partial charge in [0.2, 0.25) is 5.91 Å². The highest BCUT2D eigenvalue weighted by atomic mass is 32.1. The number of hydrogen-bond donors (Lipinski definition) is 1. The molecule has 9 heteroatoms. The lowest BCUT2D eigenvalue weighted by atomic mass is 10.2. The van der Waals surface area contributed by atoms with Crippen LogP contribution in [0.3, 0.4) is 0 Å². The number of thiophene rings is 1. The van der Waals surface area contributed by atoms with Crippen molar-refractivity contribution in [1.29, 1.82) is 0 Å². The van der Waals surface area contributed by atoms with Gasteiger partial charge in [-0.15, -0.1) is 11.3 Å². The van der Waals surface area contributed by atoms with E-state index in [-0.39, 0.29) is 18.5 Å². The Kier molecular flexibility index (Phi) is 8.11. The first-order valence-electron chi connectivity index (χ1n) is 10.3. The molecule has 3 rings (SSSR count). The molecule has 0 atom stereocenters. The second-order valence-corrected chi connectivity index (χ2v) is 8.79. The summed E-state index contributed by atoms with van der Waals surface area (Å²) in [6.45, 7) is 5.18. The zero-order chi connectivity index (χ0) is 20.6. The summed E-state index contributed by atoms with van der Waals surface area (Å²) >= 11 is 7.40. The third-order valence-corrected chi connectivity index (χ3v) is 6.72. The normalized spacial score (nSPS) is 17.3. The first kappa shape index (κ1) is 21.8. The van der Waals surface area contributed by atoms with Gasteiger partial charge in [-0.2, -0.15) is 0 Å². The number of thiocarbonyl (C=S) groups is 1. The fourth-order valence-corrected chi connectivity index (χ4v) is 4.86. The molecule has 1 aliphatic heterocycles. The van der Waals surface area contributed by atoms with E-state index in [0.717, 1.165) is 19.4 Å². The summed E-state index contributed by atoms with van der Waals surface area (Å²) in [5, 5.41) is 5.93. The highest BCUT2D eigenvalue weighted by Gasteiger charge is 2.27. The van der Waals surface area contributed by atoms with Gasteiger partial charge in [0.1, 0.15) is 0 Å². The molecule has 0 bridgehead atoms. The maximum absolute atomic E-state index is 12.6. The number of ether oxygens (including phenoxy) is 1. The minimum Gasteiger partial charge on any atom is -0.450 e. The van der Waals surface area contributed by atoms with Crippen molar-refractivity contribution in [3.05, 3.63) is 22.4 Å². The average molecular weight is 439 g/mol. The Hall–Kier alpha value is -1.87. The fourth-order valence-electron chi connectivity index (χ4n) is 3.87. The Labute approximate surface area is 182 Å². The molecule has 7 nitrogen and oxygen atoms in total. The van der Waals surface area contributed by atoms with Crippen molar-refractivity contribution in [2.24, 2.45) is 0 Å². The largest absolute Gasteiger partial charge is 0.450 e. The lowest BCUT2D eigenvalue weighted by Gasteiger charge is -2.35. The first-order valence-corrected chi connectivity index (χ1v) is 11.6. The molecule has 1 saturated heterocycles. The molecule has 2 aliphatic rings. The van der Waals surface area contributed by atoms with Gasteiger partial charge >= 0.3 is 6.09 Å². The van der Waals surface area contributed by atoms with Gasteiger partial charge in [0, 0.05) is 37.1 Å². The van der Waals surface area contributed by atoms with Gasteiger partial charge in [-0.1, -0.05) is 18.9 Å². The third kappa shape index (κ3) is 6.05. The molecule has 0 unspecified atom stereocenters. The molecule has 2 fully saturated rings. The summed E-state index contributed by atoms with van der Waals surface area (Å²) in [6, 6.07) is 4.63. The van der Waals surface area contributed by atoms with E-state index in [1.807, 2.05) is 0 Å². The second-order valence-electron chi connectivity index (χ2n) is 7.37. The van der Waals surface area contributed by atoms with Crippen LogP contribution < -0.4 is 5.32 Å². The zero-order valence-electron chi connectivity index (χ0n) is 17.0. The molecule has 1 N–H and O–H groups in total. The SMILES string of the molecule is CCOC(=O)N1CCN(C(=O)CNC(=S)N(Cc2cccs2)C2CCCC2)CC1. The molecule has 2 amide bonds. The van der Waals surface area contributed by atoms with E-state index in [1.165, 1.54) is 17.7 Å². The van der Waals surface area contributed by atoms with Gasteiger partial charge in [-0.25, -0.2) is 4.79 Å². The van der Waals surface area contributed by atoms with Gasteiger partial charge in [-0.3, -0.25) is 4.79 Å². The van der Waals surface area contributed by atoms with Crippen molar-refractivity contribution in [2.75, 3.05) is 39.3 Å². The van der Waals surface area contributed by atoms with Gasteiger partial charge in [0.05, 0.1) is 19.7 Å². The van der Waals surface area contributed by atoms with Crippen LogP contribution in [0.15, 0.2) is 17.5 Å². The molecule has 2 heterocycles. The predicted molar refractivity (Wildman–Crippen MR) is 118 cm³/mol. The standard InChI is InChI=1S/C20H30N4O3S2/c1-2-27-20(26)23-11-9-22(10-12-23)18(25)14-21-19(28)24(16-6-3-4-7-16)15-17-8-5-13-29-17/h5,8,13,16H,2-4,6-7,9-12,14-15H2,1H3,(H,21,28). The topological polar surface area (TPSA) is 65.1 Å². The van der Waals surface area contributed by atoms with Gasteiger partial charge < -0.3 is 24.8 Å². The highest BCUT2D eigenvalue weighted by molar-refractivity contribution is 7.80. The van der Waals surface area contributed by atoms with Crippen LogP contribution in [-0.2, 0) is 16.1 Å². The van der Waals surface area contributed by atoms with Crippen molar-refractivity contribution >= 4 is 40.7 Å². The number of carbonyl (C=O) groups excluding carboxylic acids is 2. The number of nitrogens with one attached hydrogen (secondary N) is 1. The van der Waals surface area contributed by atoms with E-state index in [0.29, 0.717) is 43.9 Å². The molecule has 29 heavy (non-hydrogen) atoms. The van der Waals surface area contributed by atoms with Crippen LogP contribution in [0.5, 0.6) is 0 Å². The van der Waals surface area contributed by atoms with Crippen LogP contribution >= 0.6 is 23.6 Å². The maximum Gasteiger partial charge on any atom is 0.409 e. The Bertz CT molecular complexity index is 684. The van der Waals surface area contributed by atoms with E-state index in [9.17, 15) is 9.59 Å². The lowest BCUT2D eigenvalue weighted by Crippen LogP contribution is -2.53. The molecular weight excluding hydrogens is 408 g/mol. The van der Waals surface area contributed by atoms with Gasteiger partial charge in [-0.05, 0) is 43.4 Å². The molecule has 0 spiro atoms. The monoisotopic (exact) mass is 438 g/mol. The Morgan fingerprint density at radius 2 is 1.93 bits per heavy atom. The Balaban J connectivity index is 1.48. The van der Waals surface area contributed by atoms with Gasteiger partial charge in [0.25, 0.3) is 0 Å². The van der Waals surface area contributed by atoms with E-state index in [1.54, 1.807) is 28.1 Å². The minimum atomic E-state index is -0.306. The van der Waals surface area contributed by atoms with Crippen molar-refractivity contribution in [3.8, 4) is 0 Å². The van der Waals surface area contributed by atoms with Crippen molar-refractivity contribution in [3.63, 3.8) is 0 Å². The highest BCUT2D eigenvalue weighted by Crippen LogP contribution is 2.26. The number of amides is 2. The molecular formula is C20H30N4O3S2. The number of rotatable bonds is 6. The summed E-state index contributed by atoms with van der Waals surface area (Å²) < 4.78 is 5.02. The summed E-state index contributed by atoms with van der Waals surface area (Å²) in [5.41, 5.74) is 0. The number of carbonyl (C=O) groups is 2. The van der Waals surface area contributed by atoms with Crippen molar-refractivity contribution in [2.45, 2.75) is 45.2 Å². The van der Waals surface area contributed by atoms with Crippen LogP contribution in [-0.4, -0.2) is 77.2 Å². The number of hydrogen-bond acceptors (Lipinski definition) is 5. The molecule has 1 saturated carbocycles. The molecule has 1 aromatic heterocycles. The van der Waals surface area contributed by atoms with Crippen LogP contribution in [0.2, 0.25) is 0 Å². The molecule has 160 valence electrons. The Morgan fingerprint density at radius 1 is 1.24 bits per heavy atom. The predicted octanol–water partition coefficient (Wildman–Crippen LogP) is 2.67. The minimum absolute atomic E-state index is 0.0124. The van der Waals surface area contributed by atoms with Crippen molar-refractivity contribution in [1.82, 2.24) is 20.0 Å².